The number of hydrogen-bond acceptors (Lipinski definition) is 3. The van der Waals surface area contributed by atoms with Crippen LogP contribution in [0.15, 0.2) is 61.1 Å². The van der Waals surface area contributed by atoms with Gasteiger partial charge < -0.3 is 15.2 Å². The number of benzene rings is 2. The molecule has 0 saturated carbocycles. The highest BCUT2D eigenvalue weighted by molar-refractivity contribution is 6.04. The van der Waals surface area contributed by atoms with Crippen LogP contribution in [0, 0.1) is 0 Å². The molecule has 2 N–H and O–H groups in total. The Hall–Kier alpha value is -2.92. The van der Waals surface area contributed by atoms with Crippen molar-refractivity contribution >= 4 is 11.6 Å². The first-order valence-electron chi connectivity index (χ1n) is 7.75. The molecule has 0 aliphatic rings. The van der Waals surface area contributed by atoms with Crippen molar-refractivity contribution in [3.8, 4) is 11.3 Å². The molecule has 0 spiro atoms. The zero-order chi connectivity index (χ0) is 16.9. The number of carbonyl (C=O) groups excluding carboxylic acids is 1. The molecule has 0 aliphatic carbocycles. The van der Waals surface area contributed by atoms with E-state index in [0.29, 0.717) is 5.56 Å². The summed E-state index contributed by atoms with van der Waals surface area (Å²) in [5.74, 6) is -0.114. The first kappa shape index (κ1) is 16.0. The zero-order valence-corrected chi connectivity index (χ0v) is 13.8. The molecule has 2 aromatic carbocycles. The fraction of sp³-hybridized carbons (Fsp3) is 0.158. The summed E-state index contributed by atoms with van der Waals surface area (Å²) in [5, 5.41) is 2.95. The number of anilines is 1. The van der Waals surface area contributed by atoms with Gasteiger partial charge in [0, 0.05) is 23.4 Å². The van der Waals surface area contributed by atoms with Crippen molar-refractivity contribution in [1.29, 1.82) is 0 Å². The van der Waals surface area contributed by atoms with E-state index in [1.165, 1.54) is 0 Å². The maximum absolute atomic E-state index is 12.5. The lowest BCUT2D eigenvalue weighted by Crippen LogP contribution is -2.14. The minimum absolute atomic E-state index is 0.114. The zero-order valence-electron chi connectivity index (χ0n) is 13.8. The molecule has 0 fully saturated rings. The van der Waals surface area contributed by atoms with Crippen molar-refractivity contribution in [2.45, 2.75) is 6.54 Å². The van der Waals surface area contributed by atoms with Gasteiger partial charge in [-0.15, -0.1) is 0 Å². The van der Waals surface area contributed by atoms with Crippen LogP contribution in [-0.4, -0.2) is 34.9 Å². The number of H-pyrrole nitrogens is 1. The fourth-order valence-electron chi connectivity index (χ4n) is 2.56. The molecule has 0 aliphatic heterocycles. The van der Waals surface area contributed by atoms with Crippen molar-refractivity contribution in [2.75, 3.05) is 19.4 Å². The Balaban J connectivity index is 1.76. The van der Waals surface area contributed by atoms with Gasteiger partial charge in [-0.2, -0.15) is 0 Å². The lowest BCUT2D eigenvalue weighted by Gasteiger charge is -2.11. The topological polar surface area (TPSA) is 61.0 Å². The molecule has 3 aromatic rings. The van der Waals surface area contributed by atoms with E-state index < -0.39 is 0 Å². The Morgan fingerprint density at radius 3 is 2.75 bits per heavy atom. The first-order chi connectivity index (χ1) is 11.6. The second-order valence-corrected chi connectivity index (χ2v) is 5.94. The van der Waals surface area contributed by atoms with Gasteiger partial charge >= 0.3 is 0 Å². The Morgan fingerprint density at radius 2 is 2.00 bits per heavy atom. The number of rotatable bonds is 5. The SMILES string of the molecule is CN(C)Cc1cccc(C(=O)Nc2cccc(-c3cnc[nH]3)c2)c1. The van der Waals surface area contributed by atoms with Crippen LogP contribution in [-0.2, 0) is 6.54 Å². The second-order valence-electron chi connectivity index (χ2n) is 5.94. The smallest absolute Gasteiger partial charge is 0.255 e. The Morgan fingerprint density at radius 1 is 1.17 bits per heavy atom. The fourth-order valence-corrected chi connectivity index (χ4v) is 2.56. The monoisotopic (exact) mass is 320 g/mol. The summed E-state index contributed by atoms with van der Waals surface area (Å²) in [6.45, 7) is 0.802. The molecule has 24 heavy (non-hydrogen) atoms. The minimum Gasteiger partial charge on any atom is -0.345 e. The number of nitrogens with zero attached hydrogens (tertiary/aromatic N) is 2. The maximum atomic E-state index is 12.5. The number of aromatic amines is 1. The van der Waals surface area contributed by atoms with E-state index in [2.05, 4.69) is 20.2 Å². The summed E-state index contributed by atoms with van der Waals surface area (Å²) in [4.78, 5) is 21.7. The van der Waals surface area contributed by atoms with E-state index in [4.69, 9.17) is 0 Å². The second kappa shape index (κ2) is 7.10. The van der Waals surface area contributed by atoms with Crippen LogP contribution in [0.5, 0.6) is 0 Å². The van der Waals surface area contributed by atoms with Gasteiger partial charge in [0.2, 0.25) is 0 Å². The Kier molecular flexibility index (Phi) is 4.72. The standard InChI is InChI=1S/C19H20N4O/c1-23(2)12-14-5-3-7-16(9-14)19(24)22-17-8-4-6-15(10-17)18-11-20-13-21-18/h3-11,13H,12H2,1-2H3,(H,20,21)(H,22,24). The van der Waals surface area contributed by atoms with Crippen LogP contribution in [0.4, 0.5) is 5.69 Å². The molecule has 1 heterocycles. The lowest BCUT2D eigenvalue weighted by atomic mass is 10.1. The predicted molar refractivity (Wildman–Crippen MR) is 95.8 cm³/mol. The molecule has 3 rings (SSSR count). The summed E-state index contributed by atoms with van der Waals surface area (Å²) in [6.07, 6.45) is 3.39. The number of hydrogen-bond donors (Lipinski definition) is 2. The van der Waals surface area contributed by atoms with Gasteiger partial charge in [0.1, 0.15) is 0 Å². The maximum Gasteiger partial charge on any atom is 0.255 e. The third-order valence-electron chi connectivity index (χ3n) is 3.62. The summed E-state index contributed by atoms with van der Waals surface area (Å²) in [7, 11) is 4.02. The lowest BCUT2D eigenvalue weighted by molar-refractivity contribution is 0.102. The van der Waals surface area contributed by atoms with Crippen molar-refractivity contribution in [2.24, 2.45) is 0 Å². The third-order valence-corrected chi connectivity index (χ3v) is 3.62. The van der Waals surface area contributed by atoms with E-state index in [0.717, 1.165) is 29.1 Å². The van der Waals surface area contributed by atoms with Crippen molar-refractivity contribution in [3.63, 3.8) is 0 Å². The molecule has 0 saturated heterocycles. The van der Waals surface area contributed by atoms with Crippen LogP contribution in [0.3, 0.4) is 0 Å². The van der Waals surface area contributed by atoms with Gasteiger partial charge in [-0.05, 0) is 43.9 Å². The number of amides is 1. The third kappa shape index (κ3) is 3.88. The predicted octanol–water partition coefficient (Wildman–Crippen LogP) is 3.39. The molecule has 5 nitrogen and oxygen atoms in total. The summed E-state index contributed by atoms with van der Waals surface area (Å²) in [5.41, 5.74) is 4.41. The van der Waals surface area contributed by atoms with Gasteiger partial charge in [-0.1, -0.05) is 24.3 Å². The average molecular weight is 320 g/mol. The van der Waals surface area contributed by atoms with Gasteiger partial charge in [0.25, 0.3) is 5.91 Å². The molecule has 5 heteroatoms. The Labute approximate surface area is 141 Å². The molecular formula is C19H20N4O. The number of nitrogens with one attached hydrogen (secondary N) is 2. The molecule has 122 valence electrons. The molecule has 0 bridgehead atoms. The van der Waals surface area contributed by atoms with Gasteiger partial charge in [-0.25, -0.2) is 4.98 Å². The summed E-state index contributed by atoms with van der Waals surface area (Å²) >= 11 is 0. The van der Waals surface area contributed by atoms with E-state index in [1.807, 2.05) is 62.6 Å². The molecule has 0 radical (unpaired) electrons. The van der Waals surface area contributed by atoms with Gasteiger partial charge in [0.15, 0.2) is 0 Å². The van der Waals surface area contributed by atoms with Crippen LogP contribution >= 0.6 is 0 Å². The van der Waals surface area contributed by atoms with Gasteiger partial charge in [0.05, 0.1) is 18.2 Å². The van der Waals surface area contributed by atoms with E-state index in [-0.39, 0.29) is 5.91 Å². The number of imidazole rings is 1. The number of aromatic nitrogens is 2. The minimum atomic E-state index is -0.114. The largest absolute Gasteiger partial charge is 0.345 e. The van der Waals surface area contributed by atoms with Crippen LogP contribution in [0.1, 0.15) is 15.9 Å². The number of carbonyl (C=O) groups is 1. The molecule has 1 aromatic heterocycles. The molecule has 0 atom stereocenters. The highest BCUT2D eigenvalue weighted by atomic mass is 16.1. The normalized spacial score (nSPS) is 10.8. The quantitative estimate of drug-likeness (QED) is 0.757. The highest BCUT2D eigenvalue weighted by Crippen LogP contribution is 2.20. The van der Waals surface area contributed by atoms with Gasteiger partial charge in [-0.3, -0.25) is 4.79 Å². The van der Waals surface area contributed by atoms with Crippen LogP contribution in [0.25, 0.3) is 11.3 Å². The highest BCUT2D eigenvalue weighted by Gasteiger charge is 2.08. The van der Waals surface area contributed by atoms with E-state index in [9.17, 15) is 4.79 Å². The summed E-state index contributed by atoms with van der Waals surface area (Å²) in [6, 6.07) is 15.4. The molecular weight excluding hydrogens is 300 g/mol. The molecule has 0 unspecified atom stereocenters. The average Bonchev–Trinajstić information content (AvgIpc) is 3.09. The van der Waals surface area contributed by atoms with E-state index in [1.54, 1.807) is 12.5 Å². The Bertz CT molecular complexity index is 825. The van der Waals surface area contributed by atoms with Crippen molar-refractivity contribution in [1.82, 2.24) is 14.9 Å². The van der Waals surface area contributed by atoms with Crippen LogP contribution in [0.2, 0.25) is 0 Å². The van der Waals surface area contributed by atoms with E-state index >= 15 is 0 Å². The first-order valence-corrected chi connectivity index (χ1v) is 7.75. The van der Waals surface area contributed by atoms with Crippen LogP contribution < -0.4 is 5.32 Å². The molecule has 1 amide bonds. The summed E-state index contributed by atoms with van der Waals surface area (Å²) < 4.78 is 0. The van der Waals surface area contributed by atoms with Crippen molar-refractivity contribution in [3.05, 3.63) is 72.2 Å². The van der Waals surface area contributed by atoms with Crippen molar-refractivity contribution < 1.29 is 4.79 Å².